The van der Waals surface area contributed by atoms with Crippen molar-refractivity contribution in [1.82, 2.24) is 5.32 Å². The number of methoxy groups -OCH3 is 1. The third-order valence-corrected chi connectivity index (χ3v) is 5.69. The molecule has 0 bridgehead atoms. The topological polar surface area (TPSA) is 60.0 Å². The fraction of sp³-hybridized carbons (Fsp3) is 0.632. The van der Waals surface area contributed by atoms with Crippen LogP contribution in [0.3, 0.4) is 0 Å². The van der Waals surface area contributed by atoms with Crippen LogP contribution in [-0.4, -0.2) is 64.7 Å². The lowest BCUT2D eigenvalue weighted by molar-refractivity contribution is -0.0809. The number of morpholine rings is 1. The van der Waals surface area contributed by atoms with Crippen LogP contribution in [0.25, 0.3) is 0 Å². The van der Waals surface area contributed by atoms with Crippen LogP contribution in [0, 0.1) is 11.8 Å². The summed E-state index contributed by atoms with van der Waals surface area (Å²) in [6.45, 7) is 4.45. The van der Waals surface area contributed by atoms with Gasteiger partial charge in [0.15, 0.2) is 0 Å². The Morgan fingerprint density at radius 1 is 1.28 bits per heavy atom. The molecule has 136 valence electrons. The first-order valence-corrected chi connectivity index (χ1v) is 9.12. The molecule has 0 spiro atoms. The highest BCUT2D eigenvalue weighted by molar-refractivity contribution is 6.00. The number of carbonyl (C=O) groups excluding carboxylic acids is 1. The molecule has 2 heterocycles. The molecule has 2 saturated heterocycles. The Balaban J connectivity index is 1.49. The van der Waals surface area contributed by atoms with Gasteiger partial charge >= 0.3 is 0 Å². The number of ether oxygens (including phenoxy) is 3. The molecular weight excluding hydrogens is 320 g/mol. The summed E-state index contributed by atoms with van der Waals surface area (Å²) in [6.07, 6.45) is 1.25. The van der Waals surface area contributed by atoms with Crippen molar-refractivity contribution in [2.45, 2.75) is 18.6 Å². The van der Waals surface area contributed by atoms with Crippen molar-refractivity contribution < 1.29 is 19.0 Å². The minimum atomic E-state index is -0.00135. The van der Waals surface area contributed by atoms with Crippen molar-refractivity contribution in [2.75, 3.05) is 51.5 Å². The molecule has 1 aromatic rings. The Morgan fingerprint density at radius 2 is 2.08 bits per heavy atom. The van der Waals surface area contributed by atoms with E-state index in [1.165, 1.54) is 0 Å². The Labute approximate surface area is 148 Å². The van der Waals surface area contributed by atoms with Gasteiger partial charge in [0, 0.05) is 50.4 Å². The largest absolute Gasteiger partial charge is 0.384 e. The van der Waals surface area contributed by atoms with Gasteiger partial charge in [-0.2, -0.15) is 0 Å². The summed E-state index contributed by atoms with van der Waals surface area (Å²) in [4.78, 5) is 15.2. The summed E-state index contributed by atoms with van der Waals surface area (Å²) in [6, 6.07) is 7.98. The first kappa shape index (κ1) is 16.8. The molecule has 1 saturated carbocycles. The Hall–Kier alpha value is -1.63. The van der Waals surface area contributed by atoms with E-state index in [0.717, 1.165) is 37.4 Å². The van der Waals surface area contributed by atoms with Gasteiger partial charge in [0.1, 0.15) is 0 Å². The van der Waals surface area contributed by atoms with Crippen LogP contribution >= 0.6 is 0 Å². The fourth-order valence-electron chi connectivity index (χ4n) is 4.41. The molecule has 6 nitrogen and oxygen atoms in total. The number of nitrogens with zero attached hydrogens (tertiary/aromatic N) is 1. The highest BCUT2D eigenvalue weighted by Crippen LogP contribution is 2.44. The zero-order valence-corrected chi connectivity index (χ0v) is 14.6. The molecule has 4 atom stereocenters. The average Bonchev–Trinajstić information content (AvgIpc) is 3.09. The van der Waals surface area contributed by atoms with Crippen LogP contribution in [0.15, 0.2) is 24.3 Å². The van der Waals surface area contributed by atoms with E-state index in [9.17, 15) is 4.79 Å². The molecule has 0 aromatic heterocycles. The molecule has 1 N–H and O–H groups in total. The third-order valence-electron chi connectivity index (χ3n) is 5.69. The Kier molecular flexibility index (Phi) is 4.92. The van der Waals surface area contributed by atoms with Crippen molar-refractivity contribution in [3.05, 3.63) is 29.8 Å². The minimum Gasteiger partial charge on any atom is -0.384 e. The van der Waals surface area contributed by atoms with Gasteiger partial charge < -0.3 is 24.4 Å². The standard InChI is InChI=1S/C19H26N2O4/c1-23-12-15-17(14-6-9-25-18(14)15)20-19(22)13-4-2-3-5-16(13)21-7-10-24-11-8-21/h2-5,14-15,17-18H,6-12H2,1H3,(H,20,22)/t14-,15+,17-,18-/m0/s1. The first-order valence-electron chi connectivity index (χ1n) is 9.12. The predicted octanol–water partition coefficient (Wildman–Crippen LogP) is 1.30. The number of amides is 1. The zero-order chi connectivity index (χ0) is 17.2. The van der Waals surface area contributed by atoms with Crippen LogP contribution in [0.2, 0.25) is 0 Å². The van der Waals surface area contributed by atoms with Crippen molar-refractivity contribution in [3.8, 4) is 0 Å². The van der Waals surface area contributed by atoms with Crippen LogP contribution in [0.5, 0.6) is 0 Å². The molecule has 0 radical (unpaired) electrons. The highest BCUT2D eigenvalue weighted by atomic mass is 16.5. The number of hydrogen-bond donors (Lipinski definition) is 1. The van der Waals surface area contributed by atoms with E-state index in [1.807, 2.05) is 24.3 Å². The van der Waals surface area contributed by atoms with E-state index in [2.05, 4.69) is 10.2 Å². The number of rotatable bonds is 5. The highest BCUT2D eigenvalue weighted by Gasteiger charge is 2.54. The van der Waals surface area contributed by atoms with Crippen LogP contribution < -0.4 is 10.2 Å². The van der Waals surface area contributed by atoms with Gasteiger partial charge in [0.25, 0.3) is 5.91 Å². The van der Waals surface area contributed by atoms with Crippen LogP contribution in [0.1, 0.15) is 16.8 Å². The maximum absolute atomic E-state index is 13.0. The van der Waals surface area contributed by atoms with Gasteiger partial charge in [-0.05, 0) is 18.6 Å². The molecule has 25 heavy (non-hydrogen) atoms. The number of nitrogens with one attached hydrogen (secondary N) is 1. The van der Waals surface area contributed by atoms with Crippen molar-refractivity contribution >= 4 is 11.6 Å². The smallest absolute Gasteiger partial charge is 0.253 e. The molecule has 1 aliphatic carbocycles. The second-order valence-corrected chi connectivity index (χ2v) is 7.02. The molecule has 1 amide bonds. The minimum absolute atomic E-state index is 0.00135. The van der Waals surface area contributed by atoms with E-state index in [4.69, 9.17) is 14.2 Å². The summed E-state index contributed by atoms with van der Waals surface area (Å²) in [7, 11) is 1.70. The lowest BCUT2D eigenvalue weighted by Crippen LogP contribution is -2.62. The normalized spacial score (nSPS) is 31.3. The van der Waals surface area contributed by atoms with Crippen molar-refractivity contribution in [2.24, 2.45) is 11.8 Å². The number of anilines is 1. The van der Waals surface area contributed by atoms with Crippen molar-refractivity contribution in [3.63, 3.8) is 0 Å². The van der Waals surface area contributed by atoms with Gasteiger partial charge in [0.2, 0.25) is 0 Å². The van der Waals surface area contributed by atoms with Crippen molar-refractivity contribution in [1.29, 1.82) is 0 Å². The molecule has 4 rings (SSSR count). The fourth-order valence-corrected chi connectivity index (χ4v) is 4.41. The van der Waals surface area contributed by atoms with Gasteiger partial charge in [-0.25, -0.2) is 0 Å². The predicted molar refractivity (Wildman–Crippen MR) is 93.9 cm³/mol. The number of benzene rings is 1. The molecule has 0 unspecified atom stereocenters. The molecular formula is C19H26N2O4. The number of hydrogen-bond acceptors (Lipinski definition) is 5. The number of carbonyl (C=O) groups is 1. The summed E-state index contributed by atoms with van der Waals surface area (Å²) in [5.41, 5.74) is 1.73. The molecule has 3 aliphatic rings. The summed E-state index contributed by atoms with van der Waals surface area (Å²) in [5, 5.41) is 3.26. The SMILES string of the molecule is COC[C@@H]1[C@@H](NC(=O)c2ccccc2N2CCOCC2)[C@@H]2CCO[C@H]12. The number of fused-ring (bicyclic) bond motifs is 1. The van der Waals surface area contributed by atoms with E-state index in [0.29, 0.717) is 25.7 Å². The van der Waals surface area contributed by atoms with Crippen LogP contribution in [-0.2, 0) is 14.2 Å². The van der Waals surface area contributed by atoms with E-state index < -0.39 is 0 Å². The second kappa shape index (κ2) is 7.32. The zero-order valence-electron chi connectivity index (χ0n) is 14.6. The quantitative estimate of drug-likeness (QED) is 0.871. The van der Waals surface area contributed by atoms with Gasteiger partial charge in [-0.15, -0.1) is 0 Å². The molecule has 6 heteroatoms. The summed E-state index contributed by atoms with van der Waals surface area (Å²) in [5.74, 6) is 0.662. The number of para-hydroxylation sites is 1. The van der Waals surface area contributed by atoms with Gasteiger partial charge in [-0.1, -0.05) is 12.1 Å². The van der Waals surface area contributed by atoms with E-state index >= 15 is 0 Å². The van der Waals surface area contributed by atoms with Gasteiger partial charge in [0.05, 0.1) is 31.5 Å². The maximum atomic E-state index is 13.0. The maximum Gasteiger partial charge on any atom is 0.253 e. The second-order valence-electron chi connectivity index (χ2n) is 7.02. The van der Waals surface area contributed by atoms with Gasteiger partial charge in [-0.3, -0.25) is 4.79 Å². The summed E-state index contributed by atoms with van der Waals surface area (Å²) >= 11 is 0. The lowest BCUT2D eigenvalue weighted by atomic mass is 9.67. The first-order chi connectivity index (χ1) is 12.3. The summed E-state index contributed by atoms with van der Waals surface area (Å²) < 4.78 is 16.6. The molecule has 3 fully saturated rings. The monoisotopic (exact) mass is 346 g/mol. The Bertz CT molecular complexity index is 617. The Morgan fingerprint density at radius 3 is 2.88 bits per heavy atom. The van der Waals surface area contributed by atoms with Crippen LogP contribution in [0.4, 0.5) is 5.69 Å². The lowest BCUT2D eigenvalue weighted by Gasteiger charge is -2.47. The van der Waals surface area contributed by atoms with E-state index in [1.54, 1.807) is 7.11 Å². The third kappa shape index (κ3) is 3.14. The average molecular weight is 346 g/mol. The molecule has 2 aliphatic heterocycles. The van der Waals surface area contributed by atoms with E-state index in [-0.39, 0.29) is 24.0 Å². The molecule has 1 aromatic carbocycles.